The molecule has 0 saturated carbocycles. The van der Waals surface area contributed by atoms with Crippen LogP contribution in [0.2, 0.25) is 0 Å². The van der Waals surface area contributed by atoms with Gasteiger partial charge in [0.2, 0.25) is 0 Å². The number of carbonyl (C=O) groups excluding carboxylic acids is 1. The molecule has 0 aliphatic carbocycles. The zero-order chi connectivity index (χ0) is 25.0. The molecule has 0 radical (unpaired) electrons. The summed E-state index contributed by atoms with van der Waals surface area (Å²) in [4.78, 5) is 46.4. The van der Waals surface area contributed by atoms with Crippen molar-refractivity contribution in [3.8, 4) is 0 Å². The third-order valence-corrected chi connectivity index (χ3v) is 6.23. The van der Waals surface area contributed by atoms with E-state index in [9.17, 15) is 19.5 Å². The number of hydrogen-bond acceptors (Lipinski definition) is 8. The van der Waals surface area contributed by atoms with E-state index in [1.54, 1.807) is 39.8 Å². The van der Waals surface area contributed by atoms with Crippen molar-refractivity contribution < 1.29 is 19.1 Å². The predicted molar refractivity (Wildman–Crippen MR) is 132 cm³/mol. The van der Waals surface area contributed by atoms with Gasteiger partial charge in [0.25, 0.3) is 6.01 Å². The Labute approximate surface area is 199 Å². The molecule has 10 nitrogen and oxygen atoms in total. The number of aldehydes is 1. The minimum absolute atomic E-state index is 0.0579. The number of amides is 1. The third kappa shape index (κ3) is 5.74. The molecule has 1 aromatic carbocycles. The zero-order valence-electron chi connectivity index (χ0n) is 20.6. The summed E-state index contributed by atoms with van der Waals surface area (Å²) in [5.41, 5.74) is -0.139. The van der Waals surface area contributed by atoms with E-state index in [4.69, 9.17) is 4.42 Å². The summed E-state index contributed by atoms with van der Waals surface area (Å²) in [5.74, 6) is 0. The van der Waals surface area contributed by atoms with E-state index in [1.807, 2.05) is 11.9 Å². The number of likely N-dealkylation sites (tertiary alicyclic amines) is 1. The molecule has 1 unspecified atom stereocenters. The summed E-state index contributed by atoms with van der Waals surface area (Å²) < 4.78 is 5.39. The Hall–Kier alpha value is -2.98. The van der Waals surface area contributed by atoms with Crippen LogP contribution >= 0.6 is 0 Å². The molecule has 1 aliphatic rings. The fraction of sp³-hybridized carbons (Fsp3) is 0.583. The Morgan fingerprint density at radius 3 is 2.56 bits per heavy atom. The average molecular weight is 474 g/mol. The molecule has 1 aliphatic heterocycles. The lowest BCUT2D eigenvalue weighted by atomic mass is 10.0. The van der Waals surface area contributed by atoms with Crippen LogP contribution in [0.3, 0.4) is 0 Å². The molecule has 2 N–H and O–H groups in total. The van der Waals surface area contributed by atoms with E-state index < -0.39 is 23.4 Å². The molecule has 0 bridgehead atoms. The lowest BCUT2D eigenvalue weighted by Crippen LogP contribution is -2.45. The topological polar surface area (TPSA) is 119 Å². The minimum Gasteiger partial charge on any atom is -0.465 e. The summed E-state index contributed by atoms with van der Waals surface area (Å²) in [6.07, 6.45) is 2.60. The van der Waals surface area contributed by atoms with E-state index in [1.165, 1.54) is 24.2 Å². The largest absolute Gasteiger partial charge is 0.465 e. The molecule has 186 valence electrons. The number of aryl methyl sites for hydroxylation is 1. The second-order valence-corrected chi connectivity index (χ2v) is 9.81. The van der Waals surface area contributed by atoms with Gasteiger partial charge < -0.3 is 19.7 Å². The molecule has 1 atom stereocenters. The molecule has 1 fully saturated rings. The van der Waals surface area contributed by atoms with E-state index in [0.29, 0.717) is 23.3 Å². The van der Waals surface area contributed by atoms with Crippen LogP contribution in [-0.2, 0) is 4.79 Å². The first-order valence-electron chi connectivity index (χ1n) is 11.6. The summed E-state index contributed by atoms with van der Waals surface area (Å²) in [7, 11) is 1.83. The number of aromatic nitrogens is 1. The van der Waals surface area contributed by atoms with Gasteiger partial charge in [-0.1, -0.05) is 6.42 Å². The molecule has 2 heterocycles. The minimum atomic E-state index is -1.12. The van der Waals surface area contributed by atoms with Crippen molar-refractivity contribution in [3.05, 3.63) is 28.1 Å². The number of rotatable bonds is 8. The van der Waals surface area contributed by atoms with Gasteiger partial charge in [0.15, 0.2) is 6.29 Å². The fourth-order valence-electron chi connectivity index (χ4n) is 4.36. The number of carboxylic acid groups (broad SMARTS) is 1. The first-order chi connectivity index (χ1) is 16.0. The van der Waals surface area contributed by atoms with E-state index in [-0.39, 0.29) is 11.4 Å². The van der Waals surface area contributed by atoms with E-state index >= 15 is 0 Å². The molecule has 1 saturated heterocycles. The van der Waals surface area contributed by atoms with Crippen LogP contribution in [0.1, 0.15) is 45.6 Å². The van der Waals surface area contributed by atoms with Gasteiger partial charge in [-0.3, -0.25) is 14.6 Å². The Bertz CT molecular complexity index is 1090. The highest BCUT2D eigenvalue weighted by atomic mass is 16.4. The molecule has 1 aromatic heterocycles. The number of anilines is 2. The van der Waals surface area contributed by atoms with Crippen molar-refractivity contribution in [1.29, 1.82) is 0 Å². The highest BCUT2D eigenvalue weighted by molar-refractivity contribution is 5.94. The van der Waals surface area contributed by atoms with Crippen LogP contribution < -0.4 is 15.8 Å². The second kappa shape index (κ2) is 10.5. The van der Waals surface area contributed by atoms with E-state index in [0.717, 1.165) is 25.9 Å². The van der Waals surface area contributed by atoms with Crippen LogP contribution in [0.15, 0.2) is 21.3 Å². The highest BCUT2D eigenvalue weighted by Gasteiger charge is 2.30. The molecular formula is C24H35N5O5. The van der Waals surface area contributed by atoms with Crippen molar-refractivity contribution in [2.24, 2.45) is 0 Å². The Kier molecular flexibility index (Phi) is 7.93. The third-order valence-electron chi connectivity index (χ3n) is 6.23. The van der Waals surface area contributed by atoms with Gasteiger partial charge in [0, 0.05) is 18.6 Å². The predicted octanol–water partition coefficient (Wildman–Crippen LogP) is 3.13. The monoisotopic (exact) mass is 473 g/mol. The van der Waals surface area contributed by atoms with Crippen molar-refractivity contribution in [2.45, 2.75) is 58.7 Å². The molecular weight excluding hydrogens is 438 g/mol. The van der Waals surface area contributed by atoms with Gasteiger partial charge in [-0.25, -0.2) is 9.59 Å². The van der Waals surface area contributed by atoms with Gasteiger partial charge in [-0.05, 0) is 78.4 Å². The first-order valence-corrected chi connectivity index (χ1v) is 11.6. The molecule has 2 aromatic rings. The Morgan fingerprint density at radius 2 is 1.97 bits per heavy atom. The maximum Gasteiger partial charge on any atom is 0.412 e. The lowest BCUT2D eigenvalue weighted by molar-refractivity contribution is -0.111. The zero-order valence-corrected chi connectivity index (χ0v) is 20.6. The smallest absolute Gasteiger partial charge is 0.412 e. The summed E-state index contributed by atoms with van der Waals surface area (Å²) in [6, 6.07) is 3.17. The average Bonchev–Trinajstić information content (AvgIpc) is 2.77. The quantitative estimate of drug-likeness (QED) is 0.440. The van der Waals surface area contributed by atoms with Gasteiger partial charge in [0.05, 0.1) is 16.6 Å². The van der Waals surface area contributed by atoms with Crippen LogP contribution in [0.4, 0.5) is 16.5 Å². The first kappa shape index (κ1) is 25.6. The number of nitrogens with one attached hydrogen (secondary N) is 1. The molecule has 10 heteroatoms. The highest BCUT2D eigenvalue weighted by Crippen LogP contribution is 2.31. The van der Waals surface area contributed by atoms with Crippen molar-refractivity contribution in [1.82, 2.24) is 14.8 Å². The molecule has 1 amide bonds. The van der Waals surface area contributed by atoms with Crippen LogP contribution in [0.5, 0.6) is 0 Å². The summed E-state index contributed by atoms with van der Waals surface area (Å²) in [5, 5.41) is 12.8. The normalized spacial score (nSPS) is 15.9. The maximum absolute atomic E-state index is 12.9. The lowest BCUT2D eigenvalue weighted by Gasteiger charge is -2.34. The molecule has 34 heavy (non-hydrogen) atoms. The number of hydrogen-bond donors (Lipinski definition) is 2. The molecule has 0 spiro atoms. The number of benzene rings is 1. The van der Waals surface area contributed by atoms with Crippen LogP contribution in [0.25, 0.3) is 10.9 Å². The number of fused-ring (bicyclic) bond motifs is 1. The second-order valence-electron chi connectivity index (χ2n) is 9.81. The maximum atomic E-state index is 12.9. The molecule has 3 rings (SSSR count). The van der Waals surface area contributed by atoms with Gasteiger partial charge in [-0.15, -0.1) is 0 Å². The number of likely N-dealkylation sites (N-methyl/N-ethyl adjacent to an activating group) is 1. The SMILES string of the molecule is Cc1c(N(C(=O)O)C(C)(C)C)ccc2nc(NC(C=O)N(C)CCN3CCCCC3)oc(=O)c12. The van der Waals surface area contributed by atoms with Crippen LogP contribution in [0, 0.1) is 6.92 Å². The standard InChI is InChI=1S/C24H35N5O5/c1-16-18(29(23(32)33)24(2,3)4)10-9-17-20(16)21(31)34-22(25-17)26-19(15-30)27(5)13-14-28-11-7-6-8-12-28/h9-10,15,19H,6-8,11-14H2,1-5H3,(H,25,26)(H,32,33). The number of piperidine rings is 1. The summed E-state index contributed by atoms with van der Waals surface area (Å²) >= 11 is 0. The van der Waals surface area contributed by atoms with Crippen LogP contribution in [-0.4, -0.2) is 77.2 Å². The van der Waals surface area contributed by atoms with E-state index in [2.05, 4.69) is 15.2 Å². The van der Waals surface area contributed by atoms with Crippen molar-refractivity contribution in [2.75, 3.05) is 43.4 Å². The number of nitrogens with zero attached hydrogens (tertiary/aromatic N) is 4. The van der Waals surface area contributed by atoms with Crippen molar-refractivity contribution in [3.63, 3.8) is 0 Å². The summed E-state index contributed by atoms with van der Waals surface area (Å²) in [6.45, 7) is 10.7. The fourth-order valence-corrected chi connectivity index (χ4v) is 4.36. The van der Waals surface area contributed by atoms with Gasteiger partial charge in [-0.2, -0.15) is 4.98 Å². The Morgan fingerprint density at radius 1 is 1.29 bits per heavy atom. The van der Waals surface area contributed by atoms with Gasteiger partial charge in [0.1, 0.15) is 6.17 Å². The van der Waals surface area contributed by atoms with Gasteiger partial charge >= 0.3 is 11.7 Å². The van der Waals surface area contributed by atoms with Crippen molar-refractivity contribution >= 4 is 35.0 Å². The Balaban J connectivity index is 1.83. The number of carbonyl (C=O) groups is 2.